The van der Waals surface area contributed by atoms with Gasteiger partial charge in [-0.3, -0.25) is 0 Å². The molecule has 0 radical (unpaired) electrons. The van der Waals surface area contributed by atoms with Gasteiger partial charge >= 0.3 is 0 Å². The minimum Gasteiger partial charge on any atom is -0.550 e. The van der Waals surface area contributed by atoms with Crippen LogP contribution in [0, 0.1) is 0 Å². The lowest BCUT2D eigenvalue weighted by Gasteiger charge is -2.14. The van der Waals surface area contributed by atoms with Crippen LogP contribution in [0.25, 0.3) is 0 Å². The van der Waals surface area contributed by atoms with Gasteiger partial charge in [-0.1, -0.05) is 19.1 Å². The van der Waals surface area contributed by atoms with Crippen LogP contribution in [0.1, 0.15) is 25.3 Å². The van der Waals surface area contributed by atoms with Crippen molar-refractivity contribution < 1.29 is 19.4 Å². The minimum atomic E-state index is -1.06. The van der Waals surface area contributed by atoms with Crippen molar-refractivity contribution in [3.63, 3.8) is 0 Å². The maximum absolute atomic E-state index is 10.5. The van der Waals surface area contributed by atoms with Crippen LogP contribution in [0.15, 0.2) is 18.2 Å². The summed E-state index contributed by atoms with van der Waals surface area (Å²) in [5, 5.41) is 10.5. The van der Waals surface area contributed by atoms with Crippen molar-refractivity contribution >= 4 is 5.97 Å². The smallest absolute Gasteiger partial charge is 0.164 e. The fraction of sp³-hybridized carbons (Fsp3) is 0.462. The van der Waals surface area contributed by atoms with Gasteiger partial charge in [-0.2, -0.15) is 0 Å². The lowest BCUT2D eigenvalue weighted by Crippen LogP contribution is -2.22. The van der Waals surface area contributed by atoms with E-state index < -0.39 is 5.97 Å². The van der Waals surface area contributed by atoms with E-state index in [1.807, 2.05) is 19.1 Å². The number of carboxylic acids is 1. The van der Waals surface area contributed by atoms with Gasteiger partial charge in [0.05, 0.1) is 13.7 Å². The Labute approximate surface area is 101 Å². The number of aliphatic carboxylic acids is 1. The first-order valence-electron chi connectivity index (χ1n) is 5.67. The highest BCUT2D eigenvalue weighted by Gasteiger charge is 2.10. The summed E-state index contributed by atoms with van der Waals surface area (Å²) in [6, 6.07) is 5.46. The predicted molar refractivity (Wildman–Crippen MR) is 62.1 cm³/mol. The fourth-order valence-electron chi connectivity index (χ4n) is 1.52. The van der Waals surface area contributed by atoms with Crippen LogP contribution in [0.3, 0.4) is 0 Å². The Kier molecular flexibility index (Phi) is 5.33. The Morgan fingerprint density at radius 1 is 1.41 bits per heavy atom. The molecule has 0 aliphatic carbocycles. The maximum atomic E-state index is 10.5. The summed E-state index contributed by atoms with van der Waals surface area (Å²) in [5.74, 6) is 0.210. The molecule has 0 aliphatic heterocycles. The average Bonchev–Trinajstić information content (AvgIpc) is 2.33. The molecule has 1 rings (SSSR count). The van der Waals surface area contributed by atoms with Crippen molar-refractivity contribution in [3.8, 4) is 11.5 Å². The van der Waals surface area contributed by atoms with E-state index in [0.717, 1.165) is 12.0 Å². The molecule has 0 bridgehead atoms. The SMILES string of the molecule is CCCOc1c(CCC(=O)[O-])cccc1OC. The number of methoxy groups -OCH3 is 1. The predicted octanol–water partition coefficient (Wildman–Crippen LogP) is 1.17. The first-order valence-corrected chi connectivity index (χ1v) is 5.67. The number of rotatable bonds is 7. The molecule has 0 unspecified atom stereocenters. The van der Waals surface area contributed by atoms with Crippen molar-refractivity contribution in [2.24, 2.45) is 0 Å². The van der Waals surface area contributed by atoms with Crippen LogP contribution >= 0.6 is 0 Å². The average molecular weight is 237 g/mol. The van der Waals surface area contributed by atoms with E-state index >= 15 is 0 Å². The van der Waals surface area contributed by atoms with Gasteiger partial charge in [-0.15, -0.1) is 0 Å². The highest BCUT2D eigenvalue weighted by molar-refractivity contribution is 5.65. The second kappa shape index (κ2) is 6.78. The van der Waals surface area contributed by atoms with Gasteiger partial charge < -0.3 is 19.4 Å². The van der Waals surface area contributed by atoms with Gasteiger partial charge in [0.1, 0.15) is 0 Å². The van der Waals surface area contributed by atoms with E-state index in [-0.39, 0.29) is 6.42 Å². The van der Waals surface area contributed by atoms with Crippen LogP contribution < -0.4 is 14.6 Å². The minimum absolute atomic E-state index is 0.0182. The van der Waals surface area contributed by atoms with Crippen molar-refractivity contribution in [3.05, 3.63) is 23.8 Å². The number of ether oxygens (including phenoxy) is 2. The number of hydrogen-bond donors (Lipinski definition) is 0. The Morgan fingerprint density at radius 2 is 2.18 bits per heavy atom. The Morgan fingerprint density at radius 3 is 2.76 bits per heavy atom. The van der Waals surface area contributed by atoms with Crippen LogP contribution in [-0.2, 0) is 11.2 Å². The number of aryl methyl sites for hydroxylation is 1. The topological polar surface area (TPSA) is 58.6 Å². The largest absolute Gasteiger partial charge is 0.550 e. The summed E-state index contributed by atoms with van der Waals surface area (Å²) in [6.45, 7) is 2.59. The molecule has 1 aromatic carbocycles. The van der Waals surface area contributed by atoms with Gasteiger partial charge in [0, 0.05) is 5.97 Å². The highest BCUT2D eigenvalue weighted by Crippen LogP contribution is 2.31. The monoisotopic (exact) mass is 237 g/mol. The van der Waals surface area contributed by atoms with Gasteiger partial charge in [-0.25, -0.2) is 0 Å². The molecule has 0 saturated heterocycles. The van der Waals surface area contributed by atoms with E-state index in [9.17, 15) is 9.90 Å². The van der Waals surface area contributed by atoms with E-state index in [1.165, 1.54) is 0 Å². The molecule has 0 heterocycles. The third kappa shape index (κ3) is 3.98. The molecule has 0 aromatic heterocycles. The molecule has 94 valence electrons. The van der Waals surface area contributed by atoms with Gasteiger partial charge in [0.25, 0.3) is 0 Å². The molecule has 1 aromatic rings. The molecule has 0 amide bonds. The lowest BCUT2D eigenvalue weighted by atomic mass is 10.1. The zero-order valence-corrected chi connectivity index (χ0v) is 10.2. The zero-order chi connectivity index (χ0) is 12.7. The first kappa shape index (κ1) is 13.4. The quantitative estimate of drug-likeness (QED) is 0.714. The lowest BCUT2D eigenvalue weighted by molar-refractivity contribution is -0.305. The maximum Gasteiger partial charge on any atom is 0.164 e. The van der Waals surface area contributed by atoms with Crippen LogP contribution in [0.5, 0.6) is 11.5 Å². The van der Waals surface area contributed by atoms with Crippen molar-refractivity contribution in [2.75, 3.05) is 13.7 Å². The van der Waals surface area contributed by atoms with E-state index in [2.05, 4.69) is 0 Å². The normalized spacial score (nSPS) is 10.0. The van der Waals surface area contributed by atoms with E-state index in [0.29, 0.717) is 24.5 Å². The van der Waals surface area contributed by atoms with Crippen LogP contribution in [0.4, 0.5) is 0 Å². The van der Waals surface area contributed by atoms with Crippen LogP contribution in [-0.4, -0.2) is 19.7 Å². The van der Waals surface area contributed by atoms with E-state index in [1.54, 1.807) is 13.2 Å². The standard InChI is InChI=1S/C13H18O4/c1-3-9-17-13-10(7-8-12(14)15)5-4-6-11(13)16-2/h4-6H,3,7-9H2,1-2H3,(H,14,15)/p-1. The molecule has 0 atom stereocenters. The second-order valence-electron chi connectivity index (χ2n) is 3.67. The number of carbonyl (C=O) groups excluding carboxylic acids is 1. The number of hydrogen-bond acceptors (Lipinski definition) is 4. The third-order valence-electron chi connectivity index (χ3n) is 2.33. The molecule has 0 aliphatic rings. The summed E-state index contributed by atoms with van der Waals surface area (Å²) < 4.78 is 10.8. The molecular formula is C13H17O4-. The van der Waals surface area contributed by atoms with E-state index in [4.69, 9.17) is 9.47 Å². The van der Waals surface area contributed by atoms with Crippen molar-refractivity contribution in [2.45, 2.75) is 26.2 Å². The molecule has 0 fully saturated rings. The summed E-state index contributed by atoms with van der Waals surface area (Å²) in [5.41, 5.74) is 0.835. The Hall–Kier alpha value is -1.71. The molecule has 4 nitrogen and oxygen atoms in total. The number of benzene rings is 1. The summed E-state index contributed by atoms with van der Waals surface area (Å²) >= 11 is 0. The molecule has 0 spiro atoms. The number of carbonyl (C=O) groups is 1. The van der Waals surface area contributed by atoms with Crippen molar-refractivity contribution in [1.82, 2.24) is 0 Å². The van der Waals surface area contributed by atoms with Gasteiger partial charge in [-0.05, 0) is 30.9 Å². The Balaban J connectivity index is 2.88. The highest BCUT2D eigenvalue weighted by atomic mass is 16.5. The number of para-hydroxylation sites is 1. The van der Waals surface area contributed by atoms with Crippen LogP contribution in [0.2, 0.25) is 0 Å². The summed E-state index contributed by atoms with van der Waals surface area (Å²) in [7, 11) is 1.57. The van der Waals surface area contributed by atoms with Crippen molar-refractivity contribution in [1.29, 1.82) is 0 Å². The molecule has 17 heavy (non-hydrogen) atoms. The Bertz CT molecular complexity index is 374. The molecule has 0 saturated carbocycles. The van der Waals surface area contributed by atoms with Gasteiger partial charge in [0.15, 0.2) is 11.5 Å². The molecular weight excluding hydrogens is 220 g/mol. The first-order chi connectivity index (χ1) is 8.19. The summed E-state index contributed by atoms with van der Waals surface area (Å²) in [6.07, 6.45) is 1.26. The zero-order valence-electron chi connectivity index (χ0n) is 10.2. The number of carboxylic acid groups (broad SMARTS) is 1. The van der Waals surface area contributed by atoms with Gasteiger partial charge in [0.2, 0.25) is 0 Å². The fourth-order valence-corrected chi connectivity index (χ4v) is 1.52. The second-order valence-corrected chi connectivity index (χ2v) is 3.67. The molecule has 0 N–H and O–H groups in total. The third-order valence-corrected chi connectivity index (χ3v) is 2.33. The molecule has 4 heteroatoms. The summed E-state index contributed by atoms with van der Waals surface area (Å²) in [4.78, 5) is 10.5.